The fourth-order valence-corrected chi connectivity index (χ4v) is 3.60. The summed E-state index contributed by atoms with van der Waals surface area (Å²) >= 11 is 0. The molecule has 0 unspecified atom stereocenters. The number of hydrogen-bond acceptors (Lipinski definition) is 4. The number of hydrogen-bond donors (Lipinski definition) is 1. The number of rotatable bonds is 10. The van der Waals surface area contributed by atoms with Gasteiger partial charge in [0.15, 0.2) is 0 Å². The largest absolute Gasteiger partial charge is 0.507 e. The van der Waals surface area contributed by atoms with Crippen molar-refractivity contribution < 1.29 is 27.4 Å². The van der Waals surface area contributed by atoms with Crippen molar-refractivity contribution in [2.45, 2.75) is 58.0 Å². The summed E-state index contributed by atoms with van der Waals surface area (Å²) in [5, 5.41) is 10.3. The second-order valence-electron chi connectivity index (χ2n) is 7.84. The van der Waals surface area contributed by atoms with E-state index in [1.54, 1.807) is 0 Å². The highest BCUT2D eigenvalue weighted by atomic mass is 19.4. The summed E-state index contributed by atoms with van der Waals surface area (Å²) in [5.41, 5.74) is -1.36. The van der Waals surface area contributed by atoms with Gasteiger partial charge in [-0.3, -0.25) is 4.79 Å². The summed E-state index contributed by atoms with van der Waals surface area (Å²) in [6.07, 6.45) is 4.60. The van der Waals surface area contributed by atoms with Crippen LogP contribution in [0, 0.1) is 0 Å². The van der Waals surface area contributed by atoms with Crippen LogP contribution in [0.25, 0.3) is 22.1 Å². The Labute approximate surface area is 184 Å². The number of halogens is 3. The molecule has 1 aromatic heterocycles. The molecule has 0 radical (unpaired) electrons. The van der Waals surface area contributed by atoms with Crippen LogP contribution in [0.2, 0.25) is 0 Å². The molecule has 2 aromatic carbocycles. The molecule has 4 nitrogen and oxygen atoms in total. The predicted molar refractivity (Wildman–Crippen MR) is 118 cm³/mol. The summed E-state index contributed by atoms with van der Waals surface area (Å²) in [5.74, 6) is 0.0376. The minimum absolute atomic E-state index is 0.0596. The molecule has 0 aliphatic heterocycles. The summed E-state index contributed by atoms with van der Waals surface area (Å²) in [7, 11) is 0. The lowest BCUT2D eigenvalue weighted by Crippen LogP contribution is -2.08. The van der Waals surface area contributed by atoms with Gasteiger partial charge in [0.05, 0.1) is 17.7 Å². The first-order valence-corrected chi connectivity index (χ1v) is 10.9. The van der Waals surface area contributed by atoms with Crippen molar-refractivity contribution in [2.24, 2.45) is 0 Å². The van der Waals surface area contributed by atoms with E-state index in [0.29, 0.717) is 12.4 Å². The molecule has 1 heterocycles. The lowest BCUT2D eigenvalue weighted by molar-refractivity contribution is -0.137. The van der Waals surface area contributed by atoms with Crippen LogP contribution in [-0.4, -0.2) is 11.7 Å². The number of fused-ring (bicyclic) bond motifs is 1. The van der Waals surface area contributed by atoms with Gasteiger partial charge in [0.25, 0.3) is 0 Å². The number of phenols is 1. The zero-order chi connectivity index (χ0) is 23.1. The third-order valence-electron chi connectivity index (χ3n) is 5.35. The van der Waals surface area contributed by atoms with Crippen LogP contribution in [-0.2, 0) is 6.18 Å². The van der Waals surface area contributed by atoms with E-state index in [1.807, 2.05) is 0 Å². The van der Waals surface area contributed by atoms with Gasteiger partial charge in [0, 0.05) is 12.1 Å². The highest BCUT2D eigenvalue weighted by Gasteiger charge is 2.30. The van der Waals surface area contributed by atoms with Gasteiger partial charge in [-0.25, -0.2) is 0 Å². The SMILES string of the molecule is CCCCCCCCCOc1cc(O)c2c(=O)c(-c3cccc(C(F)(F)F)c3)coc2c1. The lowest BCUT2D eigenvalue weighted by Gasteiger charge is -2.10. The normalized spacial score (nSPS) is 11.8. The van der Waals surface area contributed by atoms with E-state index in [-0.39, 0.29) is 27.8 Å². The summed E-state index contributed by atoms with van der Waals surface area (Å²) in [4.78, 5) is 12.9. The smallest absolute Gasteiger partial charge is 0.416 e. The standard InChI is InChI=1S/C25H27F3O4/c1-2-3-4-5-6-7-8-12-31-19-14-21(29)23-22(15-19)32-16-20(24(23)30)17-10-9-11-18(13-17)25(26,27)28/h9-11,13-16,29H,2-8,12H2,1H3. The first-order chi connectivity index (χ1) is 15.3. The van der Waals surface area contributed by atoms with Crippen LogP contribution in [0.5, 0.6) is 11.5 Å². The van der Waals surface area contributed by atoms with Crippen molar-refractivity contribution in [1.82, 2.24) is 0 Å². The Bertz CT molecular complexity index is 1100. The molecule has 0 atom stereocenters. The Morgan fingerprint density at radius 1 is 1.00 bits per heavy atom. The molecule has 0 fully saturated rings. The summed E-state index contributed by atoms with van der Waals surface area (Å²) in [6, 6.07) is 7.27. The number of ether oxygens (including phenoxy) is 1. The van der Waals surface area contributed by atoms with Gasteiger partial charge in [-0.05, 0) is 24.1 Å². The topological polar surface area (TPSA) is 59.7 Å². The van der Waals surface area contributed by atoms with Crippen LogP contribution in [0.3, 0.4) is 0 Å². The molecule has 3 aromatic rings. The summed E-state index contributed by atoms with van der Waals surface area (Å²) < 4.78 is 50.2. The van der Waals surface area contributed by atoms with Gasteiger partial charge >= 0.3 is 6.18 Å². The summed E-state index contributed by atoms with van der Waals surface area (Å²) in [6.45, 7) is 2.66. The maximum absolute atomic E-state index is 13.0. The van der Waals surface area contributed by atoms with Gasteiger partial charge in [0.2, 0.25) is 5.43 Å². The molecule has 1 N–H and O–H groups in total. The molecule has 172 valence electrons. The quantitative estimate of drug-likeness (QED) is 0.330. The highest BCUT2D eigenvalue weighted by Crippen LogP contribution is 2.33. The minimum atomic E-state index is -4.53. The van der Waals surface area contributed by atoms with Crippen LogP contribution in [0.1, 0.15) is 57.4 Å². The van der Waals surface area contributed by atoms with E-state index in [0.717, 1.165) is 37.7 Å². The molecular formula is C25H27F3O4. The third kappa shape index (κ3) is 5.84. The second-order valence-corrected chi connectivity index (χ2v) is 7.84. The fourth-order valence-electron chi connectivity index (χ4n) is 3.60. The van der Waals surface area contributed by atoms with E-state index in [9.17, 15) is 23.1 Å². The number of unbranched alkanes of at least 4 members (excludes halogenated alkanes) is 6. The van der Waals surface area contributed by atoms with E-state index in [2.05, 4.69) is 6.92 Å². The molecular weight excluding hydrogens is 421 g/mol. The third-order valence-corrected chi connectivity index (χ3v) is 5.35. The van der Waals surface area contributed by atoms with Crippen molar-refractivity contribution in [2.75, 3.05) is 6.61 Å². The van der Waals surface area contributed by atoms with Gasteiger partial charge in [-0.2, -0.15) is 13.2 Å². The van der Waals surface area contributed by atoms with Crippen molar-refractivity contribution in [3.8, 4) is 22.6 Å². The molecule has 0 aliphatic carbocycles. The first kappa shape index (κ1) is 23.7. The molecule has 0 aliphatic rings. The number of alkyl halides is 3. The Balaban J connectivity index is 1.74. The Morgan fingerprint density at radius 3 is 2.44 bits per heavy atom. The Hall–Kier alpha value is -2.96. The molecule has 0 amide bonds. The maximum atomic E-state index is 13.0. The van der Waals surface area contributed by atoms with Gasteiger partial charge in [-0.1, -0.05) is 57.6 Å². The number of aromatic hydroxyl groups is 1. The molecule has 0 saturated heterocycles. The second kappa shape index (κ2) is 10.6. The van der Waals surface area contributed by atoms with Crippen molar-refractivity contribution >= 4 is 11.0 Å². The van der Waals surface area contributed by atoms with E-state index < -0.39 is 17.2 Å². The zero-order valence-corrected chi connectivity index (χ0v) is 18.0. The average molecular weight is 448 g/mol. The van der Waals surface area contributed by atoms with E-state index in [1.165, 1.54) is 49.9 Å². The monoisotopic (exact) mass is 448 g/mol. The van der Waals surface area contributed by atoms with E-state index >= 15 is 0 Å². The highest BCUT2D eigenvalue weighted by molar-refractivity contribution is 5.88. The average Bonchev–Trinajstić information content (AvgIpc) is 2.75. The molecule has 32 heavy (non-hydrogen) atoms. The molecule has 3 rings (SSSR count). The maximum Gasteiger partial charge on any atom is 0.416 e. The molecule has 0 bridgehead atoms. The zero-order valence-electron chi connectivity index (χ0n) is 18.0. The molecule has 7 heteroatoms. The van der Waals surface area contributed by atoms with Crippen molar-refractivity contribution in [3.63, 3.8) is 0 Å². The number of phenolic OH excluding ortho intramolecular Hbond substituents is 1. The Kier molecular flexibility index (Phi) is 7.83. The lowest BCUT2D eigenvalue weighted by atomic mass is 10.0. The predicted octanol–water partition coefficient (Wildman–Crippen LogP) is 7.31. The van der Waals surface area contributed by atoms with Crippen LogP contribution >= 0.6 is 0 Å². The fraction of sp³-hybridized carbons (Fsp3) is 0.400. The minimum Gasteiger partial charge on any atom is -0.507 e. The van der Waals surface area contributed by atoms with Crippen molar-refractivity contribution in [1.29, 1.82) is 0 Å². The molecule has 0 saturated carbocycles. The Morgan fingerprint density at radius 2 is 1.72 bits per heavy atom. The van der Waals surface area contributed by atoms with Gasteiger partial charge in [0.1, 0.15) is 28.7 Å². The van der Waals surface area contributed by atoms with Crippen LogP contribution in [0.15, 0.2) is 51.9 Å². The number of benzene rings is 2. The van der Waals surface area contributed by atoms with Gasteiger partial charge < -0.3 is 14.3 Å². The molecule has 0 spiro atoms. The first-order valence-electron chi connectivity index (χ1n) is 10.9. The van der Waals surface area contributed by atoms with Gasteiger partial charge in [-0.15, -0.1) is 0 Å². The van der Waals surface area contributed by atoms with Crippen molar-refractivity contribution in [3.05, 3.63) is 58.4 Å². The van der Waals surface area contributed by atoms with Crippen LogP contribution in [0.4, 0.5) is 13.2 Å². The van der Waals surface area contributed by atoms with E-state index in [4.69, 9.17) is 9.15 Å². The van der Waals surface area contributed by atoms with Crippen LogP contribution < -0.4 is 10.2 Å².